The maximum Gasteiger partial charge on any atom is 0.446 e. The Hall–Kier alpha value is -2.68. The number of carbonyl (C=O) groups excluding carboxylic acids is 1. The number of rotatable bonds is 1. The fourth-order valence-electron chi connectivity index (χ4n) is 3.79. The van der Waals surface area contributed by atoms with Crippen LogP contribution in [0.5, 0.6) is 11.5 Å². The van der Waals surface area contributed by atoms with E-state index in [1.165, 1.54) is 30.1 Å². The Labute approximate surface area is 229 Å². The predicted molar refractivity (Wildman–Crippen MR) is 137 cm³/mol. The van der Waals surface area contributed by atoms with Crippen molar-refractivity contribution >= 4 is 50.6 Å². The molecule has 0 spiro atoms. The molecular weight excluding hydrogens is 619 g/mol. The molecule has 0 saturated heterocycles. The molecule has 0 aliphatic carbocycles. The molecule has 2 N–H and O–H groups in total. The number of fused-ring (bicyclic) bond motifs is 6. The zero-order valence-corrected chi connectivity index (χ0v) is 22.7. The zero-order chi connectivity index (χ0) is 27.9. The molecule has 3 aromatic rings. The van der Waals surface area contributed by atoms with E-state index in [1.807, 2.05) is 0 Å². The minimum Gasteiger partial charge on any atom is -0.588 e. The maximum atomic E-state index is 15.0. The number of aromatic hydroxyl groups is 1. The third kappa shape index (κ3) is 6.14. The van der Waals surface area contributed by atoms with Gasteiger partial charge in [0.05, 0.1) is 11.0 Å². The quantitative estimate of drug-likeness (QED) is 0.176. The van der Waals surface area contributed by atoms with Gasteiger partial charge in [0.2, 0.25) is 4.90 Å². The van der Waals surface area contributed by atoms with E-state index in [-0.39, 0.29) is 43.2 Å². The van der Waals surface area contributed by atoms with Crippen LogP contribution in [-0.4, -0.2) is 45.7 Å². The SMILES string of the molecule is CC1CN(C)C(=O)c2cc(Br)c(O)c(c2)[S+]([O-])Nc2cc(c(F)cc2F)-c2cc(SC(F)(F)F)ccc2O1. The van der Waals surface area contributed by atoms with Crippen LogP contribution in [0.1, 0.15) is 17.3 Å². The number of nitrogens with zero attached hydrogens (tertiary/aromatic N) is 1. The van der Waals surface area contributed by atoms with Crippen LogP contribution in [0.25, 0.3) is 11.1 Å². The molecule has 2 atom stereocenters. The summed E-state index contributed by atoms with van der Waals surface area (Å²) in [7, 11) is 1.47. The van der Waals surface area contributed by atoms with Crippen molar-refractivity contribution in [2.24, 2.45) is 0 Å². The van der Waals surface area contributed by atoms with Crippen molar-refractivity contribution < 1.29 is 41.1 Å². The molecule has 1 aliphatic rings. The van der Waals surface area contributed by atoms with Gasteiger partial charge in [-0.25, -0.2) is 13.5 Å². The lowest BCUT2D eigenvalue weighted by Gasteiger charge is -2.24. The van der Waals surface area contributed by atoms with Gasteiger partial charge in [-0.15, -0.1) is 0 Å². The molecule has 4 rings (SSSR count). The number of alkyl halides is 3. The average Bonchev–Trinajstić information content (AvgIpc) is 2.81. The van der Waals surface area contributed by atoms with Gasteiger partial charge in [-0.3, -0.25) is 4.79 Å². The lowest BCUT2D eigenvalue weighted by molar-refractivity contribution is -0.0328. The maximum absolute atomic E-state index is 15.0. The van der Waals surface area contributed by atoms with Crippen molar-refractivity contribution in [3.05, 3.63) is 64.1 Å². The first-order valence-electron chi connectivity index (χ1n) is 10.8. The largest absolute Gasteiger partial charge is 0.588 e. The molecule has 0 saturated carbocycles. The number of hydrogen-bond acceptors (Lipinski definition) is 6. The van der Waals surface area contributed by atoms with E-state index in [1.54, 1.807) is 6.92 Å². The number of thioether (sulfide) groups is 1. The summed E-state index contributed by atoms with van der Waals surface area (Å²) < 4.78 is 90.3. The third-order valence-electron chi connectivity index (χ3n) is 5.42. The van der Waals surface area contributed by atoms with E-state index in [9.17, 15) is 32.0 Å². The van der Waals surface area contributed by atoms with Gasteiger partial charge in [-0.1, -0.05) is 0 Å². The molecule has 202 valence electrons. The summed E-state index contributed by atoms with van der Waals surface area (Å²) >= 11 is 0.348. The van der Waals surface area contributed by atoms with Gasteiger partial charge in [-0.05, 0) is 64.9 Å². The number of carbonyl (C=O) groups is 1. The van der Waals surface area contributed by atoms with Crippen LogP contribution in [0.15, 0.2) is 56.7 Å². The van der Waals surface area contributed by atoms with Gasteiger partial charge in [0, 0.05) is 40.8 Å². The first-order chi connectivity index (χ1) is 17.7. The highest BCUT2D eigenvalue weighted by molar-refractivity contribution is 9.10. The van der Waals surface area contributed by atoms with E-state index < -0.39 is 63.7 Å². The highest BCUT2D eigenvalue weighted by Crippen LogP contribution is 2.43. The Bertz CT molecular complexity index is 1410. The summed E-state index contributed by atoms with van der Waals surface area (Å²) in [5.74, 6) is -3.26. The molecule has 6 nitrogen and oxygen atoms in total. The summed E-state index contributed by atoms with van der Waals surface area (Å²) in [6, 6.07) is 7.36. The van der Waals surface area contributed by atoms with E-state index in [4.69, 9.17) is 4.74 Å². The normalized spacial score (nSPS) is 18.1. The molecule has 0 fully saturated rings. The number of benzene rings is 3. The summed E-state index contributed by atoms with van der Waals surface area (Å²) in [4.78, 5) is 13.8. The first kappa shape index (κ1) is 28.3. The number of phenols is 1. The van der Waals surface area contributed by atoms with Crippen LogP contribution in [0, 0.1) is 11.6 Å². The van der Waals surface area contributed by atoms with Gasteiger partial charge in [0.25, 0.3) is 5.91 Å². The molecule has 0 aromatic heterocycles. The number of anilines is 1. The standard InChI is InChI=1S/C24H18BrF5N2O4S2/c1-11-10-32(2)23(34)12-5-16(25)22(33)21(6-12)38(35)31-19-8-14(17(26)9-18(19)27)15-7-13(37-24(28,29)30)3-4-20(15)36-11/h3-9,11,31,33H,10H2,1-2H3. The zero-order valence-electron chi connectivity index (χ0n) is 19.5. The number of ether oxygens (including phenoxy) is 1. The lowest BCUT2D eigenvalue weighted by Crippen LogP contribution is -2.35. The van der Waals surface area contributed by atoms with Crippen molar-refractivity contribution in [2.45, 2.75) is 28.3 Å². The molecule has 3 aromatic carbocycles. The fraction of sp³-hybridized carbons (Fsp3) is 0.208. The van der Waals surface area contributed by atoms with Crippen LogP contribution in [0.2, 0.25) is 0 Å². The molecule has 0 radical (unpaired) electrons. The number of halogens is 6. The Morgan fingerprint density at radius 2 is 1.87 bits per heavy atom. The highest BCUT2D eigenvalue weighted by Gasteiger charge is 2.31. The van der Waals surface area contributed by atoms with Gasteiger partial charge in [-0.2, -0.15) is 13.2 Å². The second kappa shape index (κ2) is 10.8. The predicted octanol–water partition coefficient (Wildman–Crippen LogP) is 6.70. The molecule has 1 heterocycles. The average molecular weight is 637 g/mol. The topological polar surface area (TPSA) is 84.9 Å². The van der Waals surface area contributed by atoms with Crippen molar-refractivity contribution in [2.75, 3.05) is 18.3 Å². The lowest BCUT2D eigenvalue weighted by atomic mass is 10.0. The molecular formula is C24H18BrF5N2O4S2. The molecule has 14 heteroatoms. The molecule has 4 bridgehead atoms. The summed E-state index contributed by atoms with van der Waals surface area (Å²) in [5, 5.41) is 10.4. The van der Waals surface area contributed by atoms with Crippen molar-refractivity contribution in [1.82, 2.24) is 4.90 Å². The van der Waals surface area contributed by atoms with E-state index >= 15 is 4.39 Å². The number of likely N-dealkylation sites (N-methyl/N-ethyl adjacent to an activating group) is 1. The van der Waals surface area contributed by atoms with Crippen LogP contribution in [0.4, 0.5) is 27.6 Å². The third-order valence-corrected chi connectivity index (χ3v) is 7.86. The van der Waals surface area contributed by atoms with Crippen LogP contribution < -0.4 is 9.46 Å². The summed E-state index contributed by atoms with van der Waals surface area (Å²) in [5.41, 5.74) is -5.48. The van der Waals surface area contributed by atoms with Crippen molar-refractivity contribution in [3.63, 3.8) is 0 Å². The Morgan fingerprint density at radius 1 is 1.16 bits per heavy atom. The second-order valence-corrected chi connectivity index (χ2v) is 11.5. The van der Waals surface area contributed by atoms with E-state index in [2.05, 4.69) is 20.7 Å². The number of hydrogen-bond donors (Lipinski definition) is 2. The van der Waals surface area contributed by atoms with Gasteiger partial charge in [0.15, 0.2) is 11.6 Å². The van der Waals surface area contributed by atoms with Crippen LogP contribution in [-0.2, 0) is 11.4 Å². The van der Waals surface area contributed by atoms with E-state index in [0.29, 0.717) is 6.07 Å². The van der Waals surface area contributed by atoms with Crippen LogP contribution in [0.3, 0.4) is 0 Å². The molecule has 1 amide bonds. The number of nitrogens with one attached hydrogen (secondary N) is 1. The molecule has 2 unspecified atom stereocenters. The Kier molecular flexibility index (Phi) is 8.07. The minimum absolute atomic E-state index is 0.00362. The minimum atomic E-state index is -4.62. The highest BCUT2D eigenvalue weighted by atomic mass is 79.9. The fourth-order valence-corrected chi connectivity index (χ4v) is 5.95. The van der Waals surface area contributed by atoms with Crippen molar-refractivity contribution in [3.8, 4) is 22.6 Å². The van der Waals surface area contributed by atoms with E-state index in [0.717, 1.165) is 18.2 Å². The Balaban J connectivity index is 1.92. The van der Waals surface area contributed by atoms with Crippen LogP contribution >= 0.6 is 27.7 Å². The number of amides is 1. The molecule has 38 heavy (non-hydrogen) atoms. The first-order valence-corrected chi connectivity index (χ1v) is 13.5. The van der Waals surface area contributed by atoms with Gasteiger partial charge in [0.1, 0.15) is 34.7 Å². The Morgan fingerprint density at radius 3 is 2.55 bits per heavy atom. The second-order valence-electron chi connectivity index (χ2n) is 8.31. The number of phenolic OH excluding ortho intramolecular Hbond substituents is 1. The van der Waals surface area contributed by atoms with Crippen molar-refractivity contribution in [1.29, 1.82) is 0 Å². The van der Waals surface area contributed by atoms with Gasteiger partial charge < -0.3 is 19.3 Å². The summed E-state index contributed by atoms with van der Waals surface area (Å²) in [6.45, 7) is 1.61. The smallest absolute Gasteiger partial charge is 0.446 e. The molecule has 1 aliphatic heterocycles. The monoisotopic (exact) mass is 636 g/mol. The van der Waals surface area contributed by atoms with Gasteiger partial charge >= 0.3 is 5.51 Å². The summed E-state index contributed by atoms with van der Waals surface area (Å²) in [6.07, 6.45) is -0.718.